The Balaban J connectivity index is 1.42. The Bertz CT molecular complexity index is 1130. The summed E-state index contributed by atoms with van der Waals surface area (Å²) in [6.45, 7) is 5.60. The van der Waals surface area contributed by atoms with Gasteiger partial charge in [0, 0.05) is 30.6 Å². The van der Waals surface area contributed by atoms with Crippen molar-refractivity contribution in [2.45, 2.75) is 77.3 Å². The minimum Gasteiger partial charge on any atom is -0.476 e. The topological polar surface area (TPSA) is 112 Å². The lowest BCUT2D eigenvalue weighted by Gasteiger charge is -2.30. The molecule has 2 N–H and O–H groups in total. The summed E-state index contributed by atoms with van der Waals surface area (Å²) in [6.07, 6.45) is 3.78. The molecule has 1 aliphatic rings. The van der Waals surface area contributed by atoms with Crippen LogP contribution in [-0.4, -0.2) is 56.2 Å². The van der Waals surface area contributed by atoms with E-state index < -0.39 is 24.0 Å². The molecule has 41 heavy (non-hydrogen) atoms. The lowest BCUT2D eigenvalue weighted by molar-refractivity contribution is -0.184. The van der Waals surface area contributed by atoms with E-state index in [4.69, 9.17) is 30.5 Å². The molecule has 1 saturated carbocycles. The van der Waals surface area contributed by atoms with Crippen molar-refractivity contribution in [2.75, 3.05) is 20.1 Å². The molecule has 0 bridgehead atoms. The molecule has 2 atom stereocenters. The first-order chi connectivity index (χ1) is 19.6. The molecule has 0 saturated heterocycles. The van der Waals surface area contributed by atoms with Gasteiger partial charge in [0.1, 0.15) is 11.9 Å². The molecule has 2 aromatic carbocycles. The van der Waals surface area contributed by atoms with Crippen LogP contribution in [0, 0.1) is 5.92 Å². The van der Waals surface area contributed by atoms with E-state index in [2.05, 4.69) is 10.6 Å². The fraction of sp³-hybridized carbons (Fsp3) is 0.516. The predicted octanol–water partition coefficient (Wildman–Crippen LogP) is 5.68. The smallest absolute Gasteiger partial charge is 0.476 e. The number of halogens is 1. The summed E-state index contributed by atoms with van der Waals surface area (Å²) >= 11 is 5.87. The number of likely N-dealkylation sites (N-methyl/N-ethyl adjacent to an activating group) is 1. The number of hydrogen-bond acceptors (Lipinski definition) is 8. The molecular weight excluding hydrogens is 548 g/mol. The monoisotopic (exact) mass is 588 g/mol. The van der Waals surface area contributed by atoms with E-state index in [1.165, 1.54) is 13.3 Å². The van der Waals surface area contributed by atoms with E-state index in [1.54, 1.807) is 50.2 Å². The highest BCUT2D eigenvalue weighted by atomic mass is 35.5. The average molecular weight is 589 g/mol. The van der Waals surface area contributed by atoms with Crippen LogP contribution in [0.25, 0.3) is 0 Å². The Hall–Kier alpha value is -3.30. The average Bonchev–Trinajstić information content (AvgIpc) is 2.94. The van der Waals surface area contributed by atoms with Crippen LogP contribution in [0.2, 0.25) is 5.02 Å². The maximum atomic E-state index is 12.8. The maximum Gasteiger partial charge on any atom is 0.511 e. The number of rotatable bonds is 13. The van der Waals surface area contributed by atoms with Crippen molar-refractivity contribution in [1.82, 2.24) is 10.6 Å². The van der Waals surface area contributed by atoms with Crippen LogP contribution in [0.1, 0.15) is 68.8 Å². The standard InChI is InChI=1S/C31H41ClN2O7/c1-21(39-30(37)40-27(20-33-4)23-8-6-5-7-9-23)38-29(36)31(2,3)41-26-16-10-22(11-17-26)18-19-34-28(35)24-12-14-25(32)15-13-24/h10-17,21,23,27,33H,5-9,18-20H2,1-4H3,(H,34,35). The van der Waals surface area contributed by atoms with Gasteiger partial charge in [-0.05, 0) is 88.0 Å². The summed E-state index contributed by atoms with van der Waals surface area (Å²) in [6, 6.07) is 13.9. The van der Waals surface area contributed by atoms with Gasteiger partial charge in [-0.25, -0.2) is 9.59 Å². The summed E-state index contributed by atoms with van der Waals surface area (Å²) in [5.41, 5.74) is 0.188. The Morgan fingerprint density at radius 3 is 2.24 bits per heavy atom. The number of carbonyl (C=O) groups excluding carboxylic acids is 3. The third-order valence-corrected chi connectivity index (χ3v) is 7.21. The van der Waals surface area contributed by atoms with E-state index in [0.717, 1.165) is 31.2 Å². The number of nitrogens with one attached hydrogen (secondary N) is 2. The Kier molecular flexibility index (Phi) is 12.3. The number of carbonyl (C=O) groups is 3. The van der Waals surface area contributed by atoms with Crippen LogP contribution in [0.3, 0.4) is 0 Å². The molecule has 1 fully saturated rings. The number of benzene rings is 2. The van der Waals surface area contributed by atoms with Crippen LogP contribution in [0.15, 0.2) is 48.5 Å². The Morgan fingerprint density at radius 2 is 1.61 bits per heavy atom. The van der Waals surface area contributed by atoms with Gasteiger partial charge in [0.05, 0.1) is 0 Å². The van der Waals surface area contributed by atoms with Crippen molar-refractivity contribution in [2.24, 2.45) is 5.92 Å². The van der Waals surface area contributed by atoms with E-state index in [-0.39, 0.29) is 17.9 Å². The minimum absolute atomic E-state index is 0.171. The second kappa shape index (κ2) is 15.6. The van der Waals surface area contributed by atoms with Crippen molar-refractivity contribution in [3.05, 3.63) is 64.7 Å². The van der Waals surface area contributed by atoms with Crippen molar-refractivity contribution < 1.29 is 33.3 Å². The summed E-state index contributed by atoms with van der Waals surface area (Å²) in [7, 11) is 1.81. The third-order valence-electron chi connectivity index (χ3n) is 6.96. The summed E-state index contributed by atoms with van der Waals surface area (Å²) in [4.78, 5) is 37.5. The fourth-order valence-electron chi connectivity index (χ4n) is 4.70. The van der Waals surface area contributed by atoms with Crippen LogP contribution < -0.4 is 15.4 Å². The molecule has 2 unspecified atom stereocenters. The highest BCUT2D eigenvalue weighted by Crippen LogP contribution is 2.28. The van der Waals surface area contributed by atoms with Crippen LogP contribution in [0.5, 0.6) is 5.75 Å². The molecule has 3 rings (SSSR count). The maximum absolute atomic E-state index is 12.8. The van der Waals surface area contributed by atoms with Gasteiger partial charge in [0.2, 0.25) is 6.29 Å². The first-order valence-corrected chi connectivity index (χ1v) is 14.5. The molecule has 224 valence electrons. The third kappa shape index (κ3) is 10.6. The zero-order chi connectivity index (χ0) is 29.8. The molecular formula is C31H41ClN2O7. The molecule has 0 aliphatic heterocycles. The number of hydrogen-bond donors (Lipinski definition) is 2. The molecule has 0 aromatic heterocycles. The van der Waals surface area contributed by atoms with Crippen molar-refractivity contribution >= 4 is 29.6 Å². The molecule has 0 radical (unpaired) electrons. The summed E-state index contributed by atoms with van der Waals surface area (Å²) in [5, 5.41) is 6.52. The van der Waals surface area contributed by atoms with E-state index in [0.29, 0.717) is 35.8 Å². The fourth-order valence-corrected chi connectivity index (χ4v) is 4.83. The van der Waals surface area contributed by atoms with Crippen LogP contribution in [-0.2, 0) is 25.4 Å². The number of ether oxygens (including phenoxy) is 4. The summed E-state index contributed by atoms with van der Waals surface area (Å²) < 4.78 is 22.0. The Morgan fingerprint density at radius 1 is 0.951 bits per heavy atom. The molecule has 10 heteroatoms. The lowest BCUT2D eigenvalue weighted by atomic mass is 9.85. The van der Waals surface area contributed by atoms with Crippen LogP contribution >= 0.6 is 11.6 Å². The van der Waals surface area contributed by atoms with E-state index in [9.17, 15) is 14.4 Å². The quantitative estimate of drug-likeness (QED) is 0.227. The molecule has 0 spiro atoms. The predicted molar refractivity (Wildman–Crippen MR) is 156 cm³/mol. The van der Waals surface area contributed by atoms with E-state index in [1.807, 2.05) is 19.2 Å². The van der Waals surface area contributed by atoms with Gasteiger partial charge in [-0.15, -0.1) is 0 Å². The van der Waals surface area contributed by atoms with E-state index >= 15 is 0 Å². The van der Waals surface area contributed by atoms with Crippen molar-refractivity contribution in [3.63, 3.8) is 0 Å². The number of amides is 1. The SMILES string of the molecule is CNCC(OC(=O)OC(C)OC(=O)C(C)(C)Oc1ccc(CCNC(=O)c2ccc(Cl)cc2)cc1)C1CCCCC1. The molecule has 1 amide bonds. The number of esters is 1. The second-order valence-corrected chi connectivity index (χ2v) is 11.2. The van der Waals surface area contributed by atoms with Gasteiger partial charge >= 0.3 is 12.1 Å². The minimum atomic E-state index is -1.34. The Labute approximate surface area is 247 Å². The summed E-state index contributed by atoms with van der Waals surface area (Å²) in [5.74, 6) is -0.106. The lowest BCUT2D eigenvalue weighted by Crippen LogP contribution is -2.42. The van der Waals surface area contributed by atoms with Gasteiger partial charge in [-0.3, -0.25) is 4.79 Å². The van der Waals surface area contributed by atoms with Crippen molar-refractivity contribution in [1.29, 1.82) is 0 Å². The zero-order valence-corrected chi connectivity index (χ0v) is 25.0. The molecule has 9 nitrogen and oxygen atoms in total. The highest BCUT2D eigenvalue weighted by molar-refractivity contribution is 6.30. The first-order valence-electron chi connectivity index (χ1n) is 14.1. The highest BCUT2D eigenvalue weighted by Gasteiger charge is 2.34. The van der Waals surface area contributed by atoms with Gasteiger partial charge < -0.3 is 29.6 Å². The van der Waals surface area contributed by atoms with Gasteiger partial charge in [0.15, 0.2) is 5.60 Å². The normalized spacial score (nSPS) is 15.3. The molecule has 1 aliphatic carbocycles. The van der Waals surface area contributed by atoms with Crippen molar-refractivity contribution in [3.8, 4) is 5.75 Å². The van der Waals surface area contributed by atoms with Crippen LogP contribution in [0.4, 0.5) is 4.79 Å². The largest absolute Gasteiger partial charge is 0.511 e. The first kappa shape index (κ1) is 32.2. The van der Waals surface area contributed by atoms with Gasteiger partial charge in [-0.1, -0.05) is 43.0 Å². The van der Waals surface area contributed by atoms with Gasteiger partial charge in [-0.2, -0.15) is 0 Å². The van der Waals surface area contributed by atoms with Gasteiger partial charge in [0.25, 0.3) is 5.91 Å². The molecule has 2 aromatic rings. The zero-order valence-electron chi connectivity index (χ0n) is 24.2. The second-order valence-electron chi connectivity index (χ2n) is 10.7. The molecule has 0 heterocycles.